The first-order valence-corrected chi connectivity index (χ1v) is 5.53. The maximum absolute atomic E-state index is 5.86. The SMILES string of the molecule is Cc1cc(Oc2c(C)nn(C)c2C)ccc1N. The first-order valence-electron chi connectivity index (χ1n) is 5.53. The molecule has 0 bridgehead atoms. The number of hydrogen-bond donors (Lipinski definition) is 1. The number of rotatable bonds is 2. The zero-order chi connectivity index (χ0) is 12.6. The lowest BCUT2D eigenvalue weighted by Crippen LogP contribution is -1.94. The Bertz CT molecular complexity index is 558. The summed E-state index contributed by atoms with van der Waals surface area (Å²) >= 11 is 0. The Morgan fingerprint density at radius 3 is 2.47 bits per heavy atom. The largest absolute Gasteiger partial charge is 0.453 e. The van der Waals surface area contributed by atoms with Crippen LogP contribution >= 0.6 is 0 Å². The molecule has 1 aromatic heterocycles. The molecule has 0 unspecified atom stereocenters. The third-order valence-corrected chi connectivity index (χ3v) is 2.90. The highest BCUT2D eigenvalue weighted by Crippen LogP contribution is 2.29. The standard InChI is InChI=1S/C13H17N3O/c1-8-7-11(5-6-12(8)14)17-13-9(2)15-16(4)10(13)3/h5-7H,14H2,1-4H3. The molecule has 0 aliphatic carbocycles. The molecule has 0 amide bonds. The molecule has 17 heavy (non-hydrogen) atoms. The highest BCUT2D eigenvalue weighted by molar-refractivity contribution is 5.50. The molecule has 1 aromatic carbocycles. The number of nitrogens with two attached hydrogens (primary N) is 1. The van der Waals surface area contributed by atoms with Crippen molar-refractivity contribution in [1.82, 2.24) is 9.78 Å². The number of anilines is 1. The minimum absolute atomic E-state index is 0.775. The second-order valence-electron chi connectivity index (χ2n) is 4.24. The number of benzene rings is 1. The number of aromatic nitrogens is 2. The van der Waals surface area contributed by atoms with Crippen molar-refractivity contribution >= 4 is 5.69 Å². The van der Waals surface area contributed by atoms with Crippen molar-refractivity contribution in [2.45, 2.75) is 20.8 Å². The number of ether oxygens (including phenoxy) is 1. The van der Waals surface area contributed by atoms with Gasteiger partial charge in [0, 0.05) is 12.7 Å². The Labute approximate surface area is 101 Å². The monoisotopic (exact) mass is 231 g/mol. The molecule has 2 rings (SSSR count). The van der Waals surface area contributed by atoms with E-state index in [-0.39, 0.29) is 0 Å². The molecular weight excluding hydrogens is 214 g/mol. The van der Waals surface area contributed by atoms with Gasteiger partial charge in [0.15, 0.2) is 5.75 Å². The van der Waals surface area contributed by atoms with Crippen molar-refractivity contribution in [3.05, 3.63) is 35.2 Å². The minimum Gasteiger partial charge on any atom is -0.453 e. The molecule has 0 fully saturated rings. The first kappa shape index (κ1) is 11.5. The zero-order valence-corrected chi connectivity index (χ0v) is 10.6. The second-order valence-corrected chi connectivity index (χ2v) is 4.24. The van der Waals surface area contributed by atoms with Crippen LogP contribution in [0.5, 0.6) is 11.5 Å². The summed E-state index contributed by atoms with van der Waals surface area (Å²) in [7, 11) is 1.91. The average Bonchev–Trinajstić information content (AvgIpc) is 2.50. The third-order valence-electron chi connectivity index (χ3n) is 2.90. The van der Waals surface area contributed by atoms with Gasteiger partial charge in [-0.05, 0) is 44.5 Å². The predicted molar refractivity (Wildman–Crippen MR) is 68.3 cm³/mol. The molecular formula is C13H17N3O. The Balaban J connectivity index is 2.34. The van der Waals surface area contributed by atoms with Crippen molar-refractivity contribution < 1.29 is 4.74 Å². The van der Waals surface area contributed by atoms with E-state index in [9.17, 15) is 0 Å². The van der Waals surface area contributed by atoms with Gasteiger partial charge in [0.2, 0.25) is 0 Å². The van der Waals surface area contributed by atoms with E-state index in [1.165, 1.54) is 0 Å². The van der Waals surface area contributed by atoms with Gasteiger partial charge in [0.1, 0.15) is 11.4 Å². The molecule has 90 valence electrons. The second kappa shape index (κ2) is 4.13. The lowest BCUT2D eigenvalue weighted by atomic mass is 10.2. The molecule has 4 heteroatoms. The minimum atomic E-state index is 0.775. The molecule has 0 atom stereocenters. The van der Waals surface area contributed by atoms with Crippen LogP contribution in [0.4, 0.5) is 5.69 Å². The van der Waals surface area contributed by atoms with Crippen molar-refractivity contribution in [2.24, 2.45) is 7.05 Å². The molecule has 0 aliphatic heterocycles. The normalized spacial score (nSPS) is 10.6. The lowest BCUT2D eigenvalue weighted by Gasteiger charge is -2.08. The molecule has 0 radical (unpaired) electrons. The van der Waals surface area contributed by atoms with E-state index in [1.54, 1.807) is 0 Å². The van der Waals surface area contributed by atoms with Crippen LogP contribution in [0.1, 0.15) is 17.0 Å². The highest BCUT2D eigenvalue weighted by atomic mass is 16.5. The summed E-state index contributed by atoms with van der Waals surface area (Å²) in [5.41, 5.74) is 9.46. The Kier molecular flexibility index (Phi) is 2.79. The molecule has 4 nitrogen and oxygen atoms in total. The lowest BCUT2D eigenvalue weighted by molar-refractivity contribution is 0.474. The third kappa shape index (κ3) is 2.11. The van der Waals surface area contributed by atoms with Crippen LogP contribution in [0.15, 0.2) is 18.2 Å². The van der Waals surface area contributed by atoms with Gasteiger partial charge in [-0.3, -0.25) is 4.68 Å². The van der Waals surface area contributed by atoms with Gasteiger partial charge < -0.3 is 10.5 Å². The van der Waals surface area contributed by atoms with Gasteiger partial charge >= 0.3 is 0 Å². The summed E-state index contributed by atoms with van der Waals surface area (Å²) in [6.07, 6.45) is 0. The van der Waals surface area contributed by atoms with Crippen molar-refractivity contribution in [3.8, 4) is 11.5 Å². The molecule has 1 heterocycles. The van der Waals surface area contributed by atoms with Crippen molar-refractivity contribution in [3.63, 3.8) is 0 Å². The number of nitrogen functional groups attached to an aromatic ring is 1. The molecule has 0 aliphatic rings. The van der Waals surface area contributed by atoms with Gasteiger partial charge in [-0.15, -0.1) is 0 Å². The summed E-state index contributed by atoms with van der Waals surface area (Å²) in [5.74, 6) is 1.60. The maximum Gasteiger partial charge on any atom is 0.171 e. The van der Waals surface area contributed by atoms with E-state index in [2.05, 4.69) is 5.10 Å². The fourth-order valence-electron chi connectivity index (χ4n) is 1.73. The summed E-state index contributed by atoms with van der Waals surface area (Å²) in [5, 5.41) is 4.31. The fourth-order valence-corrected chi connectivity index (χ4v) is 1.73. The van der Waals surface area contributed by atoms with Crippen molar-refractivity contribution in [2.75, 3.05) is 5.73 Å². The van der Waals surface area contributed by atoms with Crippen LogP contribution in [0.25, 0.3) is 0 Å². The van der Waals surface area contributed by atoms with Crippen LogP contribution in [0.3, 0.4) is 0 Å². The summed E-state index contributed by atoms with van der Waals surface area (Å²) in [6.45, 7) is 5.89. The zero-order valence-electron chi connectivity index (χ0n) is 10.6. The van der Waals surface area contributed by atoms with Crippen LogP contribution in [0, 0.1) is 20.8 Å². The van der Waals surface area contributed by atoms with Gasteiger partial charge in [-0.1, -0.05) is 0 Å². The van der Waals surface area contributed by atoms with Gasteiger partial charge in [0.05, 0.1) is 5.69 Å². The highest BCUT2D eigenvalue weighted by Gasteiger charge is 2.11. The van der Waals surface area contributed by atoms with E-state index in [4.69, 9.17) is 10.5 Å². The van der Waals surface area contributed by atoms with E-state index >= 15 is 0 Å². The predicted octanol–water partition coefficient (Wildman–Crippen LogP) is 2.72. The molecule has 0 spiro atoms. The Morgan fingerprint density at radius 2 is 1.94 bits per heavy atom. The van der Waals surface area contributed by atoms with Gasteiger partial charge in [-0.25, -0.2) is 0 Å². The quantitative estimate of drug-likeness (QED) is 0.808. The maximum atomic E-state index is 5.86. The van der Waals surface area contributed by atoms with Gasteiger partial charge in [-0.2, -0.15) is 5.10 Å². The summed E-state index contributed by atoms with van der Waals surface area (Å²) < 4.78 is 7.67. The summed E-state index contributed by atoms with van der Waals surface area (Å²) in [6, 6.07) is 5.65. The average molecular weight is 231 g/mol. The van der Waals surface area contributed by atoms with E-state index < -0.39 is 0 Å². The fraction of sp³-hybridized carbons (Fsp3) is 0.308. The van der Waals surface area contributed by atoms with Crippen molar-refractivity contribution in [1.29, 1.82) is 0 Å². The van der Waals surface area contributed by atoms with E-state index in [1.807, 2.05) is 50.7 Å². The smallest absolute Gasteiger partial charge is 0.171 e. The number of aryl methyl sites for hydroxylation is 3. The molecule has 0 saturated heterocycles. The van der Waals surface area contributed by atoms with E-state index in [0.29, 0.717) is 0 Å². The van der Waals surface area contributed by atoms with E-state index in [0.717, 1.165) is 34.1 Å². The Hall–Kier alpha value is -1.97. The summed E-state index contributed by atoms with van der Waals surface area (Å²) in [4.78, 5) is 0. The first-order chi connectivity index (χ1) is 7.99. The van der Waals surface area contributed by atoms with Gasteiger partial charge in [0.25, 0.3) is 0 Å². The topological polar surface area (TPSA) is 53.1 Å². The Morgan fingerprint density at radius 1 is 1.24 bits per heavy atom. The van der Waals surface area contributed by atoms with Crippen LogP contribution in [-0.2, 0) is 7.05 Å². The van der Waals surface area contributed by atoms with Crippen LogP contribution in [0.2, 0.25) is 0 Å². The molecule has 0 saturated carbocycles. The van der Waals surface area contributed by atoms with Crippen LogP contribution < -0.4 is 10.5 Å². The number of nitrogens with zero attached hydrogens (tertiary/aromatic N) is 2. The van der Waals surface area contributed by atoms with Crippen LogP contribution in [-0.4, -0.2) is 9.78 Å². The number of hydrogen-bond acceptors (Lipinski definition) is 3. The molecule has 2 aromatic rings. The molecule has 2 N–H and O–H groups in total.